The van der Waals surface area contributed by atoms with Crippen molar-refractivity contribution < 1.29 is 9.90 Å². The van der Waals surface area contributed by atoms with Gasteiger partial charge >= 0.3 is 6.03 Å². The zero-order valence-electron chi connectivity index (χ0n) is 14.4. The predicted octanol–water partition coefficient (Wildman–Crippen LogP) is 3.72. The van der Waals surface area contributed by atoms with Crippen LogP contribution in [-0.4, -0.2) is 28.3 Å². The van der Waals surface area contributed by atoms with E-state index in [1.165, 1.54) is 11.3 Å². The van der Waals surface area contributed by atoms with E-state index in [-0.39, 0.29) is 18.7 Å². The maximum atomic E-state index is 12.2. The SMILES string of the molecule is CCCC(C)(CO)NC(=O)NC(C)c1nc(-c2ccccc2)cs1. The highest BCUT2D eigenvalue weighted by molar-refractivity contribution is 7.10. The number of aliphatic hydroxyl groups excluding tert-OH is 1. The van der Waals surface area contributed by atoms with Gasteiger partial charge in [0.15, 0.2) is 0 Å². The minimum atomic E-state index is -0.601. The normalized spacial score (nSPS) is 14.7. The first kappa shape index (κ1) is 18.4. The quantitative estimate of drug-likeness (QED) is 0.714. The lowest BCUT2D eigenvalue weighted by molar-refractivity contribution is 0.162. The predicted molar refractivity (Wildman–Crippen MR) is 98.0 cm³/mol. The largest absolute Gasteiger partial charge is 0.394 e. The van der Waals surface area contributed by atoms with Gasteiger partial charge < -0.3 is 15.7 Å². The van der Waals surface area contributed by atoms with Gasteiger partial charge in [0.1, 0.15) is 5.01 Å². The molecule has 24 heavy (non-hydrogen) atoms. The van der Waals surface area contributed by atoms with E-state index in [0.29, 0.717) is 0 Å². The molecule has 0 radical (unpaired) electrons. The van der Waals surface area contributed by atoms with E-state index in [0.717, 1.165) is 29.1 Å². The third-order valence-electron chi connectivity index (χ3n) is 3.88. The van der Waals surface area contributed by atoms with E-state index in [4.69, 9.17) is 0 Å². The van der Waals surface area contributed by atoms with E-state index in [9.17, 15) is 9.90 Å². The van der Waals surface area contributed by atoms with Crippen LogP contribution in [0, 0.1) is 0 Å². The average molecular weight is 347 g/mol. The fraction of sp³-hybridized carbons (Fsp3) is 0.444. The Morgan fingerprint density at radius 2 is 2.08 bits per heavy atom. The molecular weight excluding hydrogens is 322 g/mol. The van der Waals surface area contributed by atoms with Gasteiger partial charge in [0.05, 0.1) is 23.9 Å². The highest BCUT2D eigenvalue weighted by atomic mass is 32.1. The van der Waals surface area contributed by atoms with Crippen LogP contribution in [0.3, 0.4) is 0 Å². The van der Waals surface area contributed by atoms with Gasteiger partial charge in [0.2, 0.25) is 0 Å². The smallest absolute Gasteiger partial charge is 0.315 e. The number of urea groups is 1. The second-order valence-electron chi connectivity index (χ2n) is 6.23. The van der Waals surface area contributed by atoms with Crippen molar-refractivity contribution in [3.8, 4) is 11.3 Å². The molecule has 0 saturated carbocycles. The fourth-order valence-electron chi connectivity index (χ4n) is 2.53. The number of nitrogens with zero attached hydrogens (tertiary/aromatic N) is 1. The summed E-state index contributed by atoms with van der Waals surface area (Å²) in [6.45, 7) is 5.69. The molecule has 1 aromatic heterocycles. The number of benzene rings is 1. The molecule has 0 bridgehead atoms. The molecule has 0 fully saturated rings. The Hall–Kier alpha value is -1.92. The molecule has 2 aromatic rings. The number of nitrogens with one attached hydrogen (secondary N) is 2. The van der Waals surface area contributed by atoms with Crippen LogP contribution < -0.4 is 10.6 Å². The summed E-state index contributed by atoms with van der Waals surface area (Å²) >= 11 is 1.53. The molecule has 3 N–H and O–H groups in total. The summed E-state index contributed by atoms with van der Waals surface area (Å²) in [4.78, 5) is 16.8. The Labute approximate surface area is 147 Å². The lowest BCUT2D eigenvalue weighted by Gasteiger charge is -2.29. The molecule has 0 saturated heterocycles. The van der Waals surface area contributed by atoms with Crippen molar-refractivity contribution >= 4 is 17.4 Å². The maximum absolute atomic E-state index is 12.2. The number of hydrogen-bond acceptors (Lipinski definition) is 4. The van der Waals surface area contributed by atoms with Gasteiger partial charge in [-0.25, -0.2) is 9.78 Å². The van der Waals surface area contributed by atoms with E-state index < -0.39 is 5.54 Å². The highest BCUT2D eigenvalue weighted by Crippen LogP contribution is 2.25. The van der Waals surface area contributed by atoms with Gasteiger partial charge in [-0.3, -0.25) is 0 Å². The Kier molecular flexibility index (Phi) is 6.34. The topological polar surface area (TPSA) is 74.2 Å². The van der Waals surface area contributed by atoms with E-state index in [2.05, 4.69) is 15.6 Å². The zero-order valence-corrected chi connectivity index (χ0v) is 15.2. The van der Waals surface area contributed by atoms with Crippen molar-refractivity contribution in [1.29, 1.82) is 0 Å². The van der Waals surface area contributed by atoms with E-state index >= 15 is 0 Å². The van der Waals surface area contributed by atoms with Crippen LogP contribution >= 0.6 is 11.3 Å². The molecule has 2 rings (SSSR count). The summed E-state index contributed by atoms with van der Waals surface area (Å²) in [5.74, 6) is 0. The number of rotatable bonds is 7. The van der Waals surface area contributed by atoms with Crippen LogP contribution in [0.5, 0.6) is 0 Å². The van der Waals surface area contributed by atoms with Crippen molar-refractivity contribution in [1.82, 2.24) is 15.6 Å². The van der Waals surface area contributed by atoms with Crippen LogP contribution in [0.15, 0.2) is 35.7 Å². The summed E-state index contributed by atoms with van der Waals surface area (Å²) in [5.41, 5.74) is 1.37. The molecular formula is C18H25N3O2S. The van der Waals surface area contributed by atoms with Crippen molar-refractivity contribution in [2.24, 2.45) is 0 Å². The van der Waals surface area contributed by atoms with Crippen LogP contribution in [-0.2, 0) is 0 Å². The number of aromatic nitrogens is 1. The van der Waals surface area contributed by atoms with Crippen molar-refractivity contribution in [3.05, 3.63) is 40.7 Å². The maximum Gasteiger partial charge on any atom is 0.315 e. The van der Waals surface area contributed by atoms with Crippen LogP contribution in [0.2, 0.25) is 0 Å². The standard InChI is InChI=1S/C18H25N3O2S/c1-4-10-18(3,12-22)21-17(23)19-13(2)16-20-15(11-24-16)14-8-6-5-7-9-14/h5-9,11,13,22H,4,10,12H2,1-3H3,(H2,19,21,23). The average Bonchev–Trinajstić information content (AvgIpc) is 3.06. The Balaban J connectivity index is 1.98. The first-order chi connectivity index (χ1) is 11.5. The summed E-state index contributed by atoms with van der Waals surface area (Å²) in [7, 11) is 0. The lowest BCUT2D eigenvalue weighted by atomic mass is 9.98. The molecule has 130 valence electrons. The minimum absolute atomic E-state index is 0.0853. The molecule has 0 aliphatic rings. The van der Waals surface area contributed by atoms with Crippen LogP contribution in [0.4, 0.5) is 4.79 Å². The summed E-state index contributed by atoms with van der Waals surface area (Å²) in [5, 5.41) is 18.1. The third kappa shape index (κ3) is 4.79. The molecule has 2 unspecified atom stereocenters. The van der Waals surface area contributed by atoms with Crippen molar-refractivity contribution in [2.45, 2.75) is 45.2 Å². The first-order valence-corrected chi connectivity index (χ1v) is 9.06. The molecule has 6 heteroatoms. The Bertz CT molecular complexity index is 659. The third-order valence-corrected chi connectivity index (χ3v) is 4.90. The highest BCUT2D eigenvalue weighted by Gasteiger charge is 2.25. The number of amides is 2. The van der Waals surface area contributed by atoms with Gasteiger partial charge in [0, 0.05) is 10.9 Å². The summed E-state index contributed by atoms with van der Waals surface area (Å²) in [6, 6.07) is 9.47. The molecule has 5 nitrogen and oxygen atoms in total. The lowest BCUT2D eigenvalue weighted by Crippen LogP contribution is -2.52. The van der Waals surface area contributed by atoms with Gasteiger partial charge in [-0.2, -0.15) is 0 Å². The summed E-state index contributed by atoms with van der Waals surface area (Å²) in [6.07, 6.45) is 1.61. The molecule has 0 spiro atoms. The van der Waals surface area contributed by atoms with Crippen molar-refractivity contribution in [2.75, 3.05) is 6.61 Å². The number of carbonyl (C=O) groups excluding carboxylic acids is 1. The number of hydrogen-bond donors (Lipinski definition) is 3. The summed E-state index contributed by atoms with van der Waals surface area (Å²) < 4.78 is 0. The van der Waals surface area contributed by atoms with Crippen LogP contribution in [0.1, 0.15) is 44.7 Å². The second-order valence-corrected chi connectivity index (χ2v) is 7.12. The molecule has 1 aromatic carbocycles. The number of thiazole rings is 1. The molecule has 1 heterocycles. The minimum Gasteiger partial charge on any atom is -0.394 e. The molecule has 0 aliphatic heterocycles. The van der Waals surface area contributed by atoms with Gasteiger partial charge in [-0.1, -0.05) is 43.7 Å². The molecule has 0 aliphatic carbocycles. The van der Waals surface area contributed by atoms with Gasteiger partial charge in [0.25, 0.3) is 0 Å². The monoisotopic (exact) mass is 347 g/mol. The molecule has 2 amide bonds. The molecule has 2 atom stereocenters. The second kappa shape index (κ2) is 8.26. The van der Waals surface area contributed by atoms with Crippen molar-refractivity contribution in [3.63, 3.8) is 0 Å². The Morgan fingerprint density at radius 3 is 2.71 bits per heavy atom. The first-order valence-electron chi connectivity index (χ1n) is 8.18. The van der Waals surface area contributed by atoms with E-state index in [1.807, 2.05) is 56.5 Å². The Morgan fingerprint density at radius 1 is 1.38 bits per heavy atom. The van der Waals surface area contributed by atoms with E-state index in [1.54, 1.807) is 0 Å². The fourth-order valence-corrected chi connectivity index (χ4v) is 3.36. The number of aliphatic hydroxyl groups is 1. The van der Waals surface area contributed by atoms with Gasteiger partial charge in [-0.15, -0.1) is 11.3 Å². The van der Waals surface area contributed by atoms with Crippen LogP contribution in [0.25, 0.3) is 11.3 Å². The number of carbonyl (C=O) groups is 1. The van der Waals surface area contributed by atoms with Gasteiger partial charge in [-0.05, 0) is 20.3 Å². The zero-order chi connectivity index (χ0) is 17.6.